The van der Waals surface area contributed by atoms with Crippen LogP contribution in [0, 0.1) is 5.41 Å². The van der Waals surface area contributed by atoms with Crippen molar-refractivity contribution in [3.8, 4) is 0 Å². The maximum Gasteiger partial charge on any atom is 0.523 e. The van der Waals surface area contributed by atoms with Crippen molar-refractivity contribution < 1.29 is 30.5 Å². The van der Waals surface area contributed by atoms with E-state index in [1.165, 1.54) is 7.11 Å². The van der Waals surface area contributed by atoms with Gasteiger partial charge in [0, 0.05) is 13.7 Å². The zero-order valence-corrected chi connectivity index (χ0v) is 10.2. The zero-order chi connectivity index (χ0) is 13.2. The fourth-order valence-electron chi connectivity index (χ4n) is 1.73. The molecule has 1 aliphatic rings. The molecule has 8 heteroatoms. The topological polar surface area (TPSA) is 52.6 Å². The molecule has 0 aromatic carbocycles. The molecule has 0 aliphatic heterocycles. The molecule has 0 aromatic rings. The van der Waals surface area contributed by atoms with Gasteiger partial charge in [0.2, 0.25) is 0 Å². The third kappa shape index (κ3) is 3.56. The number of methoxy groups -OCH3 is 1. The van der Waals surface area contributed by atoms with Gasteiger partial charge in [-0.05, 0) is 24.7 Å². The first kappa shape index (κ1) is 14.7. The van der Waals surface area contributed by atoms with E-state index in [9.17, 15) is 21.6 Å². The van der Waals surface area contributed by atoms with Crippen LogP contribution in [0.25, 0.3) is 0 Å². The highest BCUT2D eigenvalue weighted by Crippen LogP contribution is 2.45. The molecule has 0 radical (unpaired) electrons. The Bertz CT molecular complexity index is 346. The van der Waals surface area contributed by atoms with E-state index in [2.05, 4.69) is 4.18 Å². The number of halogens is 3. The fourth-order valence-corrected chi connectivity index (χ4v) is 2.27. The van der Waals surface area contributed by atoms with E-state index >= 15 is 0 Å². The van der Waals surface area contributed by atoms with Crippen LogP contribution in [0.5, 0.6) is 0 Å². The summed E-state index contributed by atoms with van der Waals surface area (Å²) in [6.07, 6.45) is 2.73. The molecule has 17 heavy (non-hydrogen) atoms. The quantitative estimate of drug-likeness (QED) is 0.550. The number of hydrogen-bond acceptors (Lipinski definition) is 4. The summed E-state index contributed by atoms with van der Waals surface area (Å²) < 4.78 is 66.5. The van der Waals surface area contributed by atoms with E-state index in [0.29, 0.717) is 25.9 Å². The molecular weight excluding hydrogens is 261 g/mol. The normalized spacial score (nSPS) is 20.0. The molecule has 0 aromatic heterocycles. The van der Waals surface area contributed by atoms with Crippen molar-refractivity contribution in [2.75, 3.05) is 20.3 Å². The average Bonchev–Trinajstić information content (AvgIpc) is 2.14. The number of rotatable bonds is 6. The van der Waals surface area contributed by atoms with Crippen LogP contribution in [0.15, 0.2) is 0 Å². The van der Waals surface area contributed by atoms with E-state index < -0.39 is 27.6 Å². The molecule has 1 aliphatic carbocycles. The van der Waals surface area contributed by atoms with Crippen LogP contribution >= 0.6 is 0 Å². The first-order valence-electron chi connectivity index (χ1n) is 5.17. The second-order valence-corrected chi connectivity index (χ2v) is 5.87. The van der Waals surface area contributed by atoms with Gasteiger partial charge in [-0.25, -0.2) is 0 Å². The molecule has 4 nitrogen and oxygen atoms in total. The van der Waals surface area contributed by atoms with Crippen LogP contribution in [-0.2, 0) is 19.0 Å². The highest BCUT2D eigenvalue weighted by molar-refractivity contribution is 7.87. The van der Waals surface area contributed by atoms with Gasteiger partial charge in [-0.3, -0.25) is 4.18 Å². The highest BCUT2D eigenvalue weighted by Gasteiger charge is 2.49. The van der Waals surface area contributed by atoms with Gasteiger partial charge in [0.1, 0.15) is 0 Å². The third-order valence-electron chi connectivity index (χ3n) is 3.05. The molecule has 102 valence electrons. The first-order chi connectivity index (χ1) is 7.72. The number of ether oxygens (including phenoxy) is 1. The molecule has 0 bridgehead atoms. The molecule has 0 unspecified atom stereocenters. The predicted molar refractivity (Wildman–Crippen MR) is 53.7 cm³/mol. The largest absolute Gasteiger partial charge is 0.523 e. The average molecular weight is 276 g/mol. The Hall–Kier alpha value is -0.340. The fraction of sp³-hybridized carbons (Fsp3) is 1.00. The van der Waals surface area contributed by atoms with Gasteiger partial charge in [-0.2, -0.15) is 21.6 Å². The van der Waals surface area contributed by atoms with Gasteiger partial charge in [-0.15, -0.1) is 0 Å². The Morgan fingerprint density at radius 3 is 2.24 bits per heavy atom. The lowest BCUT2D eigenvalue weighted by Crippen LogP contribution is -2.38. The van der Waals surface area contributed by atoms with Crippen molar-refractivity contribution in [1.82, 2.24) is 0 Å². The third-order valence-corrected chi connectivity index (χ3v) is 4.05. The van der Waals surface area contributed by atoms with Gasteiger partial charge in [0.05, 0.1) is 6.61 Å². The van der Waals surface area contributed by atoms with E-state index in [1.807, 2.05) is 0 Å². The standard InChI is InChI=1S/C9H15F3O4S/c1-15-6-5-8(3-2-4-8)7-16-17(13,14)9(10,11)12/h2-7H2,1H3. The summed E-state index contributed by atoms with van der Waals surface area (Å²) in [4.78, 5) is 0. The lowest BCUT2D eigenvalue weighted by atomic mass is 9.67. The summed E-state index contributed by atoms with van der Waals surface area (Å²) in [7, 11) is -3.99. The maximum atomic E-state index is 12.0. The molecule has 0 amide bonds. The van der Waals surface area contributed by atoms with Gasteiger partial charge in [0.15, 0.2) is 0 Å². The Balaban J connectivity index is 2.54. The monoisotopic (exact) mass is 276 g/mol. The van der Waals surface area contributed by atoms with Crippen LogP contribution in [0.2, 0.25) is 0 Å². The minimum Gasteiger partial charge on any atom is -0.385 e. The Kier molecular flexibility index (Phi) is 4.43. The van der Waals surface area contributed by atoms with Crippen molar-refractivity contribution in [1.29, 1.82) is 0 Å². The summed E-state index contributed by atoms with van der Waals surface area (Å²) in [6.45, 7) is -0.0341. The lowest BCUT2D eigenvalue weighted by Gasteiger charge is -2.41. The van der Waals surface area contributed by atoms with Gasteiger partial charge >= 0.3 is 15.6 Å². The smallest absolute Gasteiger partial charge is 0.385 e. The molecular formula is C9H15F3O4S. The molecule has 0 atom stereocenters. The zero-order valence-electron chi connectivity index (χ0n) is 9.42. The lowest BCUT2D eigenvalue weighted by molar-refractivity contribution is -0.0606. The Morgan fingerprint density at radius 2 is 1.88 bits per heavy atom. The maximum absolute atomic E-state index is 12.0. The Morgan fingerprint density at radius 1 is 1.29 bits per heavy atom. The molecule has 0 heterocycles. The second-order valence-electron chi connectivity index (χ2n) is 4.26. The van der Waals surface area contributed by atoms with E-state index in [0.717, 1.165) is 6.42 Å². The highest BCUT2D eigenvalue weighted by atomic mass is 32.2. The van der Waals surface area contributed by atoms with Crippen molar-refractivity contribution in [3.05, 3.63) is 0 Å². The minimum atomic E-state index is -5.47. The van der Waals surface area contributed by atoms with Crippen LogP contribution in [0.1, 0.15) is 25.7 Å². The Labute approximate surface area is 98.2 Å². The van der Waals surface area contributed by atoms with Gasteiger partial charge < -0.3 is 4.74 Å². The summed E-state index contributed by atoms with van der Waals surface area (Å²) >= 11 is 0. The second kappa shape index (κ2) is 5.11. The summed E-state index contributed by atoms with van der Waals surface area (Å²) in [5, 5.41) is 0. The van der Waals surface area contributed by atoms with E-state index in [-0.39, 0.29) is 0 Å². The van der Waals surface area contributed by atoms with E-state index in [1.54, 1.807) is 0 Å². The van der Waals surface area contributed by atoms with Crippen molar-refractivity contribution in [2.24, 2.45) is 5.41 Å². The summed E-state index contributed by atoms with van der Waals surface area (Å²) in [5.74, 6) is 0. The van der Waals surface area contributed by atoms with Crippen LogP contribution < -0.4 is 0 Å². The van der Waals surface area contributed by atoms with Crippen molar-refractivity contribution in [2.45, 2.75) is 31.2 Å². The number of hydrogen-bond donors (Lipinski definition) is 0. The van der Waals surface area contributed by atoms with E-state index in [4.69, 9.17) is 4.74 Å². The SMILES string of the molecule is COCCC1(COS(=O)(=O)C(F)(F)F)CCC1. The van der Waals surface area contributed by atoms with Gasteiger partial charge in [-0.1, -0.05) is 6.42 Å². The molecule has 0 saturated heterocycles. The summed E-state index contributed by atoms with van der Waals surface area (Å²) in [5.41, 5.74) is -5.83. The summed E-state index contributed by atoms with van der Waals surface area (Å²) in [6, 6.07) is 0. The van der Waals surface area contributed by atoms with Crippen LogP contribution in [0.4, 0.5) is 13.2 Å². The number of alkyl halides is 3. The van der Waals surface area contributed by atoms with Crippen molar-refractivity contribution in [3.63, 3.8) is 0 Å². The molecule has 1 saturated carbocycles. The molecule has 0 N–H and O–H groups in total. The first-order valence-corrected chi connectivity index (χ1v) is 6.58. The van der Waals surface area contributed by atoms with Gasteiger partial charge in [0.25, 0.3) is 0 Å². The minimum absolute atomic E-state index is 0.384. The molecule has 1 fully saturated rings. The van der Waals surface area contributed by atoms with Crippen LogP contribution in [-0.4, -0.2) is 34.2 Å². The van der Waals surface area contributed by atoms with Crippen LogP contribution in [0.3, 0.4) is 0 Å². The molecule has 0 spiro atoms. The predicted octanol–water partition coefficient (Wildman–Crippen LogP) is 2.06. The molecule has 1 rings (SSSR count). The van der Waals surface area contributed by atoms with Crippen molar-refractivity contribution >= 4 is 10.1 Å².